The van der Waals surface area contributed by atoms with Crippen LogP contribution in [0.5, 0.6) is 0 Å². The molecule has 0 aliphatic carbocycles. The zero-order valence-corrected chi connectivity index (χ0v) is 15.6. The van der Waals surface area contributed by atoms with Gasteiger partial charge in [-0.15, -0.1) is 0 Å². The normalized spacial score (nSPS) is 10.7. The van der Waals surface area contributed by atoms with Crippen LogP contribution >= 0.6 is 11.3 Å². The highest BCUT2D eigenvalue weighted by molar-refractivity contribution is 7.18. The maximum Gasteiger partial charge on any atom is 0.333 e. The van der Waals surface area contributed by atoms with E-state index in [0.717, 1.165) is 17.0 Å². The Bertz CT molecular complexity index is 1020. The van der Waals surface area contributed by atoms with Crippen LogP contribution < -0.4 is 4.90 Å². The van der Waals surface area contributed by atoms with Crippen molar-refractivity contribution in [2.75, 3.05) is 25.1 Å². The van der Waals surface area contributed by atoms with E-state index in [0.29, 0.717) is 34.0 Å². The van der Waals surface area contributed by atoms with E-state index in [1.54, 1.807) is 13.0 Å². The SMILES string of the molecule is C=C(C)C(=O)OCCN(C)c1ccc2nc(-c3ccc([N+](=O)[O-])s3)oc2c1. The monoisotopic (exact) mass is 387 g/mol. The van der Waals surface area contributed by atoms with E-state index in [2.05, 4.69) is 11.6 Å². The predicted octanol–water partition coefficient (Wildman–Crippen LogP) is 4.02. The number of hydrogen-bond acceptors (Lipinski definition) is 8. The Morgan fingerprint density at radius 1 is 1.41 bits per heavy atom. The summed E-state index contributed by atoms with van der Waals surface area (Å²) in [7, 11) is 1.87. The highest BCUT2D eigenvalue weighted by Crippen LogP contribution is 2.34. The van der Waals surface area contributed by atoms with Crippen molar-refractivity contribution >= 4 is 39.1 Å². The van der Waals surface area contributed by atoms with Crippen LogP contribution in [-0.2, 0) is 9.53 Å². The van der Waals surface area contributed by atoms with Gasteiger partial charge in [-0.1, -0.05) is 17.9 Å². The molecule has 2 heterocycles. The molecule has 27 heavy (non-hydrogen) atoms. The first kappa shape index (κ1) is 18.6. The Labute approximate surface area is 158 Å². The average molecular weight is 387 g/mol. The maximum absolute atomic E-state index is 11.4. The number of nitrogens with zero attached hydrogens (tertiary/aromatic N) is 3. The summed E-state index contributed by atoms with van der Waals surface area (Å²) < 4.78 is 10.9. The number of hydrogen-bond donors (Lipinski definition) is 0. The lowest BCUT2D eigenvalue weighted by Crippen LogP contribution is -2.23. The van der Waals surface area contributed by atoms with E-state index in [-0.39, 0.29) is 11.6 Å². The summed E-state index contributed by atoms with van der Waals surface area (Å²) in [6, 6.07) is 8.58. The van der Waals surface area contributed by atoms with E-state index in [1.807, 2.05) is 30.1 Å². The summed E-state index contributed by atoms with van der Waals surface area (Å²) in [6.45, 7) is 5.88. The molecule has 2 aromatic heterocycles. The molecule has 3 rings (SSSR count). The number of carbonyl (C=O) groups is 1. The summed E-state index contributed by atoms with van der Waals surface area (Å²) in [6.07, 6.45) is 0. The Hall–Kier alpha value is -3.20. The van der Waals surface area contributed by atoms with Gasteiger partial charge in [0, 0.05) is 30.4 Å². The van der Waals surface area contributed by atoms with Crippen molar-refractivity contribution in [2.45, 2.75) is 6.92 Å². The molecule has 0 fully saturated rings. The van der Waals surface area contributed by atoms with Crippen molar-refractivity contribution in [1.29, 1.82) is 0 Å². The molecule has 0 aliphatic rings. The first-order valence-electron chi connectivity index (χ1n) is 8.04. The molecule has 0 bridgehead atoms. The standard InChI is InChI=1S/C18H17N3O5S/c1-11(2)18(22)25-9-8-20(3)12-4-5-13-14(10-12)26-17(19-13)15-6-7-16(27-15)21(23)24/h4-7,10H,1,8-9H2,2-3H3. The molecule has 140 valence electrons. The van der Waals surface area contributed by atoms with E-state index in [1.165, 1.54) is 6.07 Å². The summed E-state index contributed by atoms with van der Waals surface area (Å²) in [5.41, 5.74) is 2.46. The maximum atomic E-state index is 11.4. The molecule has 0 saturated carbocycles. The van der Waals surface area contributed by atoms with Crippen LogP contribution in [0.4, 0.5) is 10.7 Å². The van der Waals surface area contributed by atoms with Crippen molar-refractivity contribution < 1.29 is 18.9 Å². The molecule has 9 heteroatoms. The Balaban J connectivity index is 1.74. The number of thiophene rings is 1. The minimum Gasteiger partial charge on any atom is -0.460 e. The first-order chi connectivity index (χ1) is 12.8. The van der Waals surface area contributed by atoms with E-state index < -0.39 is 10.9 Å². The summed E-state index contributed by atoms with van der Waals surface area (Å²) >= 11 is 1.01. The number of benzene rings is 1. The van der Waals surface area contributed by atoms with Crippen molar-refractivity contribution in [2.24, 2.45) is 0 Å². The fourth-order valence-corrected chi connectivity index (χ4v) is 3.07. The lowest BCUT2D eigenvalue weighted by molar-refractivity contribution is -0.380. The molecule has 0 atom stereocenters. The highest BCUT2D eigenvalue weighted by atomic mass is 32.1. The van der Waals surface area contributed by atoms with Crippen molar-refractivity contribution in [3.05, 3.63) is 52.6 Å². The van der Waals surface area contributed by atoms with Gasteiger partial charge in [0.1, 0.15) is 12.1 Å². The van der Waals surface area contributed by atoms with Gasteiger partial charge in [0.25, 0.3) is 0 Å². The molecular weight excluding hydrogens is 370 g/mol. The van der Waals surface area contributed by atoms with Crippen LogP contribution in [0.3, 0.4) is 0 Å². The van der Waals surface area contributed by atoms with Crippen LogP contribution in [0.25, 0.3) is 21.9 Å². The molecule has 3 aromatic rings. The fourth-order valence-electron chi connectivity index (χ4n) is 2.32. The van der Waals surface area contributed by atoms with Gasteiger partial charge in [-0.2, -0.15) is 0 Å². The number of ether oxygens (including phenoxy) is 1. The van der Waals surface area contributed by atoms with E-state index in [4.69, 9.17) is 9.15 Å². The van der Waals surface area contributed by atoms with Crippen LogP contribution in [0.2, 0.25) is 0 Å². The quantitative estimate of drug-likeness (QED) is 0.261. The minimum absolute atomic E-state index is 0.0389. The molecule has 0 aliphatic heterocycles. The van der Waals surface area contributed by atoms with Crippen molar-refractivity contribution in [1.82, 2.24) is 4.98 Å². The minimum atomic E-state index is -0.440. The Morgan fingerprint density at radius 3 is 2.85 bits per heavy atom. The van der Waals surface area contributed by atoms with Crippen molar-refractivity contribution in [3.8, 4) is 10.8 Å². The van der Waals surface area contributed by atoms with Crippen LogP contribution in [0.1, 0.15) is 6.92 Å². The largest absolute Gasteiger partial charge is 0.460 e. The molecular formula is C18H17N3O5S. The van der Waals surface area contributed by atoms with Gasteiger partial charge in [-0.05, 0) is 25.1 Å². The fraction of sp³-hybridized carbons (Fsp3) is 0.222. The second-order valence-electron chi connectivity index (χ2n) is 5.90. The zero-order valence-electron chi connectivity index (χ0n) is 14.8. The van der Waals surface area contributed by atoms with E-state index in [9.17, 15) is 14.9 Å². The lowest BCUT2D eigenvalue weighted by atomic mass is 10.2. The summed E-state index contributed by atoms with van der Waals surface area (Å²) in [4.78, 5) is 28.7. The van der Waals surface area contributed by atoms with Crippen LogP contribution in [0, 0.1) is 10.1 Å². The van der Waals surface area contributed by atoms with Crippen LogP contribution in [0.15, 0.2) is 46.9 Å². The van der Waals surface area contributed by atoms with Crippen molar-refractivity contribution in [3.63, 3.8) is 0 Å². The van der Waals surface area contributed by atoms with Gasteiger partial charge in [-0.3, -0.25) is 10.1 Å². The lowest BCUT2D eigenvalue weighted by Gasteiger charge is -2.18. The number of esters is 1. The number of aromatic nitrogens is 1. The van der Waals surface area contributed by atoms with Gasteiger partial charge in [0.2, 0.25) is 5.89 Å². The molecule has 1 aromatic carbocycles. The second-order valence-corrected chi connectivity index (χ2v) is 6.97. The van der Waals surface area contributed by atoms with E-state index >= 15 is 0 Å². The summed E-state index contributed by atoms with van der Waals surface area (Å²) in [5.74, 6) is -0.0675. The topological polar surface area (TPSA) is 98.7 Å². The number of fused-ring (bicyclic) bond motifs is 1. The number of carbonyl (C=O) groups excluding carboxylic acids is 1. The van der Waals surface area contributed by atoms with Gasteiger partial charge < -0.3 is 14.1 Å². The predicted molar refractivity (Wildman–Crippen MR) is 103 cm³/mol. The van der Waals surface area contributed by atoms with Gasteiger partial charge in [-0.25, -0.2) is 9.78 Å². The van der Waals surface area contributed by atoms with Gasteiger partial charge >= 0.3 is 11.0 Å². The van der Waals surface area contributed by atoms with Crippen LogP contribution in [-0.4, -0.2) is 36.1 Å². The molecule has 0 N–H and O–H groups in total. The first-order valence-corrected chi connectivity index (χ1v) is 8.86. The number of oxazole rings is 1. The zero-order chi connectivity index (χ0) is 19.6. The third kappa shape index (κ3) is 4.14. The Kier molecular flexibility index (Phi) is 5.22. The average Bonchev–Trinajstić information content (AvgIpc) is 3.27. The third-order valence-electron chi connectivity index (χ3n) is 3.80. The highest BCUT2D eigenvalue weighted by Gasteiger charge is 2.16. The molecule has 0 radical (unpaired) electrons. The molecule has 0 saturated heterocycles. The second kappa shape index (κ2) is 7.58. The molecule has 8 nitrogen and oxygen atoms in total. The summed E-state index contributed by atoms with van der Waals surface area (Å²) in [5, 5.41) is 10.9. The number of rotatable bonds is 7. The molecule has 0 unspecified atom stereocenters. The van der Waals surface area contributed by atoms with Gasteiger partial charge in [0.15, 0.2) is 5.58 Å². The number of anilines is 1. The number of likely N-dealkylation sites (N-methyl/N-ethyl adjacent to an activating group) is 1. The van der Waals surface area contributed by atoms with Gasteiger partial charge in [0.05, 0.1) is 16.3 Å². The Morgan fingerprint density at radius 2 is 2.19 bits per heavy atom. The number of nitro groups is 1. The third-order valence-corrected chi connectivity index (χ3v) is 4.83. The molecule has 0 amide bonds. The smallest absolute Gasteiger partial charge is 0.333 e. The molecule has 0 spiro atoms.